The monoisotopic (exact) mass is 478 g/mol. The molecule has 1 N–H and O–H groups in total. The fraction of sp³-hybridized carbons (Fsp3) is 0.280. The quantitative estimate of drug-likeness (QED) is 0.398. The maximum absolute atomic E-state index is 12.8. The molecule has 0 aliphatic carbocycles. The summed E-state index contributed by atoms with van der Waals surface area (Å²) < 4.78 is 38.5. The van der Waals surface area contributed by atoms with Crippen LogP contribution in [0.2, 0.25) is 10.0 Å². The van der Waals surface area contributed by atoms with E-state index in [1.165, 1.54) is 17.7 Å². The number of halogens is 5. The topological polar surface area (TPSA) is 15.3 Å². The number of likely N-dealkylation sites (tertiary alicyclic amines) is 1. The van der Waals surface area contributed by atoms with Crippen LogP contribution in [0.3, 0.4) is 0 Å². The van der Waals surface area contributed by atoms with E-state index in [4.69, 9.17) is 23.2 Å². The van der Waals surface area contributed by atoms with Crippen molar-refractivity contribution in [2.45, 2.75) is 18.6 Å². The number of rotatable bonds is 6. The highest BCUT2D eigenvalue weighted by atomic mass is 35.5. The molecular weight excluding hydrogens is 456 g/mol. The minimum absolute atomic E-state index is 0.232. The summed E-state index contributed by atoms with van der Waals surface area (Å²) in [7, 11) is 0. The number of nitrogens with one attached hydrogen (secondary N) is 1. The molecule has 0 spiro atoms. The van der Waals surface area contributed by atoms with E-state index >= 15 is 0 Å². The van der Waals surface area contributed by atoms with Crippen molar-refractivity contribution in [3.05, 3.63) is 99.5 Å². The van der Waals surface area contributed by atoms with Crippen LogP contribution in [0.15, 0.2) is 72.8 Å². The first kappa shape index (κ1) is 23.0. The molecule has 3 aromatic carbocycles. The van der Waals surface area contributed by atoms with Gasteiger partial charge in [0.05, 0.1) is 15.6 Å². The zero-order chi connectivity index (χ0) is 22.7. The van der Waals surface area contributed by atoms with Crippen LogP contribution in [0.4, 0.5) is 18.9 Å². The largest absolute Gasteiger partial charge is 0.416 e. The van der Waals surface area contributed by atoms with E-state index in [9.17, 15) is 13.2 Å². The van der Waals surface area contributed by atoms with E-state index in [0.29, 0.717) is 22.3 Å². The van der Waals surface area contributed by atoms with Gasteiger partial charge in [0.25, 0.3) is 0 Å². The SMILES string of the molecule is FC(F)(F)c1ccc(NCC2CN(Cc3ccccc3)CC2c2ccc(Cl)c(Cl)c2)cc1. The Balaban J connectivity index is 1.49. The summed E-state index contributed by atoms with van der Waals surface area (Å²) in [4.78, 5) is 2.40. The summed E-state index contributed by atoms with van der Waals surface area (Å²) in [5, 5.41) is 4.37. The average Bonchev–Trinajstić information content (AvgIpc) is 3.17. The smallest absolute Gasteiger partial charge is 0.385 e. The summed E-state index contributed by atoms with van der Waals surface area (Å²) in [5.41, 5.74) is 2.39. The standard InChI is InChI=1S/C25H23Cl2F3N2/c26-23-11-6-18(12-24(23)27)22-16-32(14-17-4-2-1-3-5-17)15-19(22)13-31-21-9-7-20(8-10-21)25(28,29)30/h1-12,19,22,31H,13-16H2. The van der Waals surface area contributed by atoms with Gasteiger partial charge in [-0.05, 0) is 53.4 Å². The Morgan fingerprint density at radius 1 is 0.875 bits per heavy atom. The van der Waals surface area contributed by atoms with Crippen molar-refractivity contribution in [3.63, 3.8) is 0 Å². The van der Waals surface area contributed by atoms with Gasteiger partial charge in [0, 0.05) is 37.8 Å². The molecule has 32 heavy (non-hydrogen) atoms. The van der Waals surface area contributed by atoms with Crippen LogP contribution in [-0.4, -0.2) is 24.5 Å². The van der Waals surface area contributed by atoms with Gasteiger partial charge in [0.15, 0.2) is 0 Å². The molecule has 3 aromatic rings. The lowest BCUT2D eigenvalue weighted by molar-refractivity contribution is -0.137. The molecule has 2 atom stereocenters. The van der Waals surface area contributed by atoms with Crippen molar-refractivity contribution < 1.29 is 13.2 Å². The fourth-order valence-electron chi connectivity index (χ4n) is 4.28. The summed E-state index contributed by atoms with van der Waals surface area (Å²) in [6, 6.07) is 21.2. The molecule has 0 bridgehead atoms. The van der Waals surface area contributed by atoms with Crippen molar-refractivity contribution in [1.29, 1.82) is 0 Å². The van der Waals surface area contributed by atoms with Crippen molar-refractivity contribution >= 4 is 28.9 Å². The van der Waals surface area contributed by atoms with E-state index in [0.717, 1.165) is 37.3 Å². The second-order valence-electron chi connectivity index (χ2n) is 8.18. The van der Waals surface area contributed by atoms with Crippen molar-refractivity contribution in [2.24, 2.45) is 5.92 Å². The minimum Gasteiger partial charge on any atom is -0.385 e. The van der Waals surface area contributed by atoms with Gasteiger partial charge < -0.3 is 5.32 Å². The Morgan fingerprint density at radius 3 is 2.25 bits per heavy atom. The van der Waals surface area contributed by atoms with Crippen LogP contribution < -0.4 is 5.32 Å². The van der Waals surface area contributed by atoms with E-state index in [1.54, 1.807) is 0 Å². The molecular formula is C25H23Cl2F3N2. The zero-order valence-corrected chi connectivity index (χ0v) is 18.8. The third-order valence-corrected chi connectivity index (χ3v) is 6.66. The van der Waals surface area contributed by atoms with Gasteiger partial charge in [-0.25, -0.2) is 0 Å². The summed E-state index contributed by atoms with van der Waals surface area (Å²) in [5.74, 6) is 0.494. The molecule has 1 aliphatic heterocycles. The molecule has 1 heterocycles. The number of alkyl halides is 3. The molecule has 0 amide bonds. The average molecular weight is 479 g/mol. The molecule has 1 saturated heterocycles. The predicted molar refractivity (Wildman–Crippen MR) is 124 cm³/mol. The number of hydrogen-bond acceptors (Lipinski definition) is 2. The van der Waals surface area contributed by atoms with Crippen LogP contribution in [0.25, 0.3) is 0 Å². The highest BCUT2D eigenvalue weighted by molar-refractivity contribution is 6.42. The van der Waals surface area contributed by atoms with Crippen LogP contribution in [0.1, 0.15) is 22.6 Å². The third-order valence-electron chi connectivity index (χ3n) is 5.92. The van der Waals surface area contributed by atoms with Gasteiger partial charge in [-0.1, -0.05) is 59.6 Å². The molecule has 1 fully saturated rings. The van der Waals surface area contributed by atoms with E-state index < -0.39 is 11.7 Å². The minimum atomic E-state index is -4.33. The Bertz CT molecular complexity index is 1040. The molecule has 0 radical (unpaired) electrons. The van der Waals surface area contributed by atoms with Crippen LogP contribution in [0.5, 0.6) is 0 Å². The number of nitrogens with zero attached hydrogens (tertiary/aromatic N) is 1. The Kier molecular flexibility index (Phi) is 6.99. The number of anilines is 1. The fourth-order valence-corrected chi connectivity index (χ4v) is 4.59. The first-order valence-electron chi connectivity index (χ1n) is 10.4. The Labute approximate surface area is 196 Å². The maximum atomic E-state index is 12.8. The first-order chi connectivity index (χ1) is 15.3. The van der Waals surface area contributed by atoms with Crippen LogP contribution in [0, 0.1) is 5.92 Å². The van der Waals surface area contributed by atoms with E-state index in [-0.39, 0.29) is 11.8 Å². The maximum Gasteiger partial charge on any atom is 0.416 e. The van der Waals surface area contributed by atoms with Gasteiger partial charge in [-0.2, -0.15) is 13.2 Å². The normalized spacial score (nSPS) is 19.3. The molecule has 4 rings (SSSR count). The summed E-state index contributed by atoms with van der Waals surface area (Å²) >= 11 is 12.4. The van der Waals surface area contributed by atoms with Crippen LogP contribution in [-0.2, 0) is 12.7 Å². The van der Waals surface area contributed by atoms with Gasteiger partial charge in [-0.15, -0.1) is 0 Å². The molecule has 168 valence electrons. The zero-order valence-electron chi connectivity index (χ0n) is 17.2. The number of hydrogen-bond donors (Lipinski definition) is 1. The van der Waals surface area contributed by atoms with Crippen LogP contribution >= 0.6 is 23.2 Å². The van der Waals surface area contributed by atoms with Gasteiger partial charge in [0.2, 0.25) is 0 Å². The predicted octanol–water partition coefficient (Wildman–Crippen LogP) is 7.34. The highest BCUT2D eigenvalue weighted by Crippen LogP contribution is 2.36. The second-order valence-corrected chi connectivity index (χ2v) is 8.99. The first-order valence-corrected chi connectivity index (χ1v) is 11.2. The molecule has 2 nitrogen and oxygen atoms in total. The van der Waals surface area contributed by atoms with Gasteiger partial charge in [0.1, 0.15) is 0 Å². The molecule has 0 aromatic heterocycles. The van der Waals surface area contributed by atoms with Gasteiger partial charge >= 0.3 is 6.18 Å². The molecule has 2 unspecified atom stereocenters. The lowest BCUT2D eigenvalue weighted by atomic mass is 9.89. The lowest BCUT2D eigenvalue weighted by Gasteiger charge is -2.20. The lowest BCUT2D eigenvalue weighted by Crippen LogP contribution is -2.23. The Morgan fingerprint density at radius 2 is 1.59 bits per heavy atom. The van der Waals surface area contributed by atoms with Crippen molar-refractivity contribution in [2.75, 3.05) is 25.0 Å². The number of benzene rings is 3. The summed E-state index contributed by atoms with van der Waals surface area (Å²) in [6.45, 7) is 3.22. The highest BCUT2D eigenvalue weighted by Gasteiger charge is 2.34. The molecule has 0 saturated carbocycles. The molecule has 1 aliphatic rings. The van der Waals surface area contributed by atoms with E-state index in [2.05, 4.69) is 22.3 Å². The second kappa shape index (κ2) is 9.74. The summed E-state index contributed by atoms with van der Waals surface area (Å²) in [6.07, 6.45) is -4.33. The van der Waals surface area contributed by atoms with Crippen molar-refractivity contribution in [3.8, 4) is 0 Å². The Hall–Kier alpha value is -2.21. The third kappa shape index (κ3) is 5.58. The van der Waals surface area contributed by atoms with Crippen molar-refractivity contribution in [1.82, 2.24) is 4.90 Å². The van der Waals surface area contributed by atoms with E-state index in [1.807, 2.05) is 36.4 Å². The van der Waals surface area contributed by atoms with Gasteiger partial charge in [-0.3, -0.25) is 4.90 Å². The molecule has 7 heteroatoms.